The van der Waals surface area contributed by atoms with Crippen LogP contribution in [0.5, 0.6) is 0 Å². The Morgan fingerprint density at radius 1 is 1.04 bits per heavy atom. The van der Waals surface area contributed by atoms with E-state index in [4.69, 9.17) is 11.6 Å². The number of carbonyl (C=O) groups excluding carboxylic acids is 1. The molecule has 2 aromatic carbocycles. The molecule has 0 aliphatic rings. The molecule has 0 aliphatic heterocycles. The van der Waals surface area contributed by atoms with E-state index in [0.29, 0.717) is 10.6 Å². The van der Waals surface area contributed by atoms with E-state index < -0.39 is 0 Å². The average Bonchev–Trinajstić information content (AvgIpc) is 3.05. The molecule has 5 nitrogen and oxygen atoms in total. The number of hydrogen-bond donors (Lipinski definition) is 1. The number of halogens is 1. The summed E-state index contributed by atoms with van der Waals surface area (Å²) in [6, 6.07) is 11.0. The SMILES string of the molecule is Cc1ccc(NC(=O)c2ccc(-n3cnnc3)cc2Cl)cc1C. The van der Waals surface area contributed by atoms with Gasteiger partial charge in [-0.25, -0.2) is 0 Å². The highest BCUT2D eigenvalue weighted by Crippen LogP contribution is 2.22. The van der Waals surface area contributed by atoms with Gasteiger partial charge < -0.3 is 5.32 Å². The van der Waals surface area contributed by atoms with Crippen LogP contribution in [-0.2, 0) is 0 Å². The van der Waals surface area contributed by atoms with Gasteiger partial charge in [0, 0.05) is 11.4 Å². The van der Waals surface area contributed by atoms with Gasteiger partial charge in [-0.05, 0) is 55.3 Å². The molecule has 23 heavy (non-hydrogen) atoms. The van der Waals surface area contributed by atoms with Crippen molar-refractivity contribution < 1.29 is 4.79 Å². The number of nitrogens with one attached hydrogen (secondary N) is 1. The Morgan fingerprint density at radius 2 is 1.78 bits per heavy atom. The maximum atomic E-state index is 12.4. The Hall–Kier alpha value is -2.66. The quantitative estimate of drug-likeness (QED) is 0.796. The van der Waals surface area contributed by atoms with Crippen LogP contribution in [0.1, 0.15) is 21.5 Å². The zero-order valence-corrected chi connectivity index (χ0v) is 13.5. The van der Waals surface area contributed by atoms with Crippen molar-refractivity contribution in [3.8, 4) is 5.69 Å². The summed E-state index contributed by atoms with van der Waals surface area (Å²) in [6.07, 6.45) is 3.14. The smallest absolute Gasteiger partial charge is 0.257 e. The molecule has 0 radical (unpaired) electrons. The number of anilines is 1. The maximum absolute atomic E-state index is 12.4. The standard InChI is InChI=1S/C17H15ClN4O/c1-11-3-4-13(7-12(11)2)21-17(23)15-6-5-14(8-16(15)18)22-9-19-20-10-22/h3-10H,1-2H3,(H,21,23). The monoisotopic (exact) mass is 326 g/mol. The third-order valence-electron chi connectivity index (χ3n) is 3.68. The normalized spacial score (nSPS) is 10.6. The third-order valence-corrected chi connectivity index (χ3v) is 3.99. The van der Waals surface area contributed by atoms with Gasteiger partial charge in [-0.1, -0.05) is 17.7 Å². The number of carbonyl (C=O) groups is 1. The van der Waals surface area contributed by atoms with Gasteiger partial charge in [-0.15, -0.1) is 10.2 Å². The lowest BCUT2D eigenvalue weighted by Crippen LogP contribution is -2.13. The van der Waals surface area contributed by atoms with Crippen LogP contribution >= 0.6 is 11.6 Å². The Kier molecular flexibility index (Phi) is 4.12. The summed E-state index contributed by atoms with van der Waals surface area (Å²) in [6.45, 7) is 4.04. The van der Waals surface area contributed by atoms with Crippen LogP contribution in [0.25, 0.3) is 5.69 Å². The highest BCUT2D eigenvalue weighted by atomic mass is 35.5. The maximum Gasteiger partial charge on any atom is 0.257 e. The number of benzene rings is 2. The lowest BCUT2D eigenvalue weighted by Gasteiger charge is -2.10. The van der Waals surface area contributed by atoms with E-state index in [1.165, 1.54) is 5.56 Å². The second kappa shape index (κ2) is 6.22. The first kappa shape index (κ1) is 15.2. The van der Waals surface area contributed by atoms with Crippen molar-refractivity contribution in [2.24, 2.45) is 0 Å². The summed E-state index contributed by atoms with van der Waals surface area (Å²) < 4.78 is 1.72. The van der Waals surface area contributed by atoms with Crippen molar-refractivity contribution in [1.82, 2.24) is 14.8 Å². The van der Waals surface area contributed by atoms with E-state index in [9.17, 15) is 4.79 Å². The van der Waals surface area contributed by atoms with Crippen LogP contribution in [-0.4, -0.2) is 20.7 Å². The van der Waals surface area contributed by atoms with Crippen molar-refractivity contribution in [2.45, 2.75) is 13.8 Å². The topological polar surface area (TPSA) is 59.8 Å². The minimum atomic E-state index is -0.242. The Bertz CT molecular complexity index is 859. The predicted octanol–water partition coefficient (Wildman–Crippen LogP) is 3.79. The fourth-order valence-electron chi connectivity index (χ4n) is 2.20. The summed E-state index contributed by atoms with van der Waals surface area (Å²) in [4.78, 5) is 12.4. The first-order chi connectivity index (χ1) is 11.0. The highest BCUT2D eigenvalue weighted by Gasteiger charge is 2.12. The van der Waals surface area contributed by atoms with Crippen LogP contribution in [0, 0.1) is 13.8 Å². The van der Waals surface area contributed by atoms with Crippen molar-refractivity contribution in [3.05, 3.63) is 70.8 Å². The number of aryl methyl sites for hydroxylation is 2. The third kappa shape index (κ3) is 3.24. The molecular weight excluding hydrogens is 312 g/mol. The van der Waals surface area contributed by atoms with E-state index >= 15 is 0 Å². The number of hydrogen-bond acceptors (Lipinski definition) is 3. The van der Waals surface area contributed by atoms with Crippen LogP contribution in [0.2, 0.25) is 5.02 Å². The van der Waals surface area contributed by atoms with E-state index in [2.05, 4.69) is 15.5 Å². The molecule has 3 aromatic rings. The molecule has 0 saturated carbocycles. The van der Waals surface area contributed by atoms with E-state index in [0.717, 1.165) is 16.9 Å². The first-order valence-electron chi connectivity index (χ1n) is 7.08. The number of nitrogens with zero attached hydrogens (tertiary/aromatic N) is 3. The van der Waals surface area contributed by atoms with Gasteiger partial charge in [0.15, 0.2) is 0 Å². The van der Waals surface area contributed by atoms with Gasteiger partial charge in [0.2, 0.25) is 0 Å². The fraction of sp³-hybridized carbons (Fsp3) is 0.118. The van der Waals surface area contributed by atoms with Gasteiger partial charge >= 0.3 is 0 Å². The van der Waals surface area contributed by atoms with Gasteiger partial charge in [0.25, 0.3) is 5.91 Å². The highest BCUT2D eigenvalue weighted by molar-refractivity contribution is 6.34. The first-order valence-corrected chi connectivity index (χ1v) is 7.45. The molecule has 0 atom stereocenters. The predicted molar refractivity (Wildman–Crippen MR) is 90.2 cm³/mol. The minimum absolute atomic E-state index is 0.242. The van der Waals surface area contributed by atoms with Crippen LogP contribution < -0.4 is 5.32 Å². The number of aromatic nitrogens is 3. The van der Waals surface area contributed by atoms with Crippen molar-refractivity contribution in [2.75, 3.05) is 5.32 Å². The molecule has 0 unspecified atom stereocenters. The fourth-order valence-corrected chi connectivity index (χ4v) is 2.46. The summed E-state index contributed by atoms with van der Waals surface area (Å²) >= 11 is 6.25. The summed E-state index contributed by atoms with van der Waals surface area (Å²) in [5.74, 6) is -0.242. The molecule has 1 N–H and O–H groups in total. The molecule has 1 amide bonds. The van der Waals surface area contributed by atoms with Crippen LogP contribution in [0.15, 0.2) is 49.1 Å². The molecule has 1 heterocycles. The molecular formula is C17H15ClN4O. The van der Waals surface area contributed by atoms with Crippen molar-refractivity contribution in [3.63, 3.8) is 0 Å². The molecule has 6 heteroatoms. The van der Waals surface area contributed by atoms with Gasteiger partial charge in [-0.2, -0.15) is 0 Å². The van der Waals surface area contributed by atoms with Gasteiger partial charge in [-0.3, -0.25) is 9.36 Å². The summed E-state index contributed by atoms with van der Waals surface area (Å²) in [5.41, 5.74) is 4.26. The summed E-state index contributed by atoms with van der Waals surface area (Å²) in [7, 11) is 0. The Labute approximate surface area is 138 Å². The van der Waals surface area contributed by atoms with E-state index in [-0.39, 0.29) is 5.91 Å². The molecule has 3 rings (SSSR count). The summed E-state index contributed by atoms with van der Waals surface area (Å²) in [5, 5.41) is 10.7. The lowest BCUT2D eigenvalue weighted by atomic mass is 10.1. The molecule has 1 aromatic heterocycles. The molecule has 0 fully saturated rings. The zero-order valence-electron chi connectivity index (χ0n) is 12.7. The molecule has 116 valence electrons. The molecule has 0 bridgehead atoms. The van der Waals surface area contributed by atoms with Crippen molar-refractivity contribution >= 4 is 23.2 Å². The van der Waals surface area contributed by atoms with E-state index in [1.807, 2.05) is 32.0 Å². The number of rotatable bonds is 3. The second-order valence-electron chi connectivity index (χ2n) is 5.29. The Morgan fingerprint density at radius 3 is 2.43 bits per heavy atom. The zero-order chi connectivity index (χ0) is 16.4. The average molecular weight is 327 g/mol. The lowest BCUT2D eigenvalue weighted by molar-refractivity contribution is 0.102. The van der Waals surface area contributed by atoms with Crippen LogP contribution in [0.3, 0.4) is 0 Å². The van der Waals surface area contributed by atoms with Crippen LogP contribution in [0.4, 0.5) is 5.69 Å². The Balaban J connectivity index is 1.83. The molecule has 0 aliphatic carbocycles. The van der Waals surface area contributed by atoms with E-state index in [1.54, 1.807) is 35.4 Å². The van der Waals surface area contributed by atoms with Gasteiger partial charge in [0.1, 0.15) is 12.7 Å². The minimum Gasteiger partial charge on any atom is -0.322 e. The number of amides is 1. The molecule has 0 saturated heterocycles. The second-order valence-corrected chi connectivity index (χ2v) is 5.69. The molecule has 0 spiro atoms. The largest absolute Gasteiger partial charge is 0.322 e. The van der Waals surface area contributed by atoms with Crippen molar-refractivity contribution in [1.29, 1.82) is 0 Å². The van der Waals surface area contributed by atoms with Gasteiger partial charge in [0.05, 0.1) is 10.6 Å².